The van der Waals surface area contributed by atoms with Crippen molar-refractivity contribution in [2.75, 3.05) is 0 Å². The normalized spacial score (nSPS) is 9.65. The number of hydrogen-bond acceptors (Lipinski definition) is 2. The van der Waals surface area contributed by atoms with Crippen molar-refractivity contribution in [3.63, 3.8) is 0 Å². The van der Waals surface area contributed by atoms with Gasteiger partial charge in [-0.1, -0.05) is 36.9 Å². The lowest BCUT2D eigenvalue weighted by molar-refractivity contribution is 0.306. The molecule has 0 aliphatic heterocycles. The molecule has 2 rings (SSSR count). The second-order valence-corrected chi connectivity index (χ2v) is 3.53. The Labute approximate surface area is 101 Å². The van der Waals surface area contributed by atoms with E-state index in [4.69, 9.17) is 9.47 Å². The Kier molecular flexibility index (Phi) is 3.81. The molecule has 0 atom stereocenters. The maximum absolute atomic E-state index is 5.64. The van der Waals surface area contributed by atoms with Crippen molar-refractivity contribution in [1.82, 2.24) is 0 Å². The van der Waals surface area contributed by atoms with Crippen LogP contribution in [0.15, 0.2) is 67.4 Å². The van der Waals surface area contributed by atoms with Crippen molar-refractivity contribution >= 4 is 0 Å². The Bertz CT molecular complexity index is 460. The molecule has 2 heteroatoms. The molecule has 2 nitrogen and oxygen atoms in total. The predicted octanol–water partition coefficient (Wildman–Crippen LogP) is 3.79. The van der Waals surface area contributed by atoms with Crippen molar-refractivity contribution in [3.8, 4) is 11.5 Å². The molecule has 17 heavy (non-hydrogen) atoms. The van der Waals surface area contributed by atoms with Crippen LogP contribution in [-0.4, -0.2) is 0 Å². The maximum Gasteiger partial charge on any atom is 0.126 e. The van der Waals surface area contributed by atoms with E-state index in [1.807, 2.05) is 54.6 Å². The van der Waals surface area contributed by atoms with Crippen LogP contribution in [0.1, 0.15) is 5.56 Å². The van der Waals surface area contributed by atoms with Gasteiger partial charge >= 0.3 is 0 Å². The summed E-state index contributed by atoms with van der Waals surface area (Å²) in [6, 6.07) is 17.5. The highest BCUT2D eigenvalue weighted by atomic mass is 16.5. The molecular weight excluding hydrogens is 212 g/mol. The van der Waals surface area contributed by atoms with E-state index in [2.05, 4.69) is 6.58 Å². The number of rotatable bonds is 5. The van der Waals surface area contributed by atoms with Crippen LogP contribution in [-0.2, 0) is 6.61 Å². The highest BCUT2D eigenvalue weighted by Gasteiger charge is 1.96. The molecule has 0 radical (unpaired) electrons. The van der Waals surface area contributed by atoms with Crippen LogP contribution in [0.3, 0.4) is 0 Å². The van der Waals surface area contributed by atoms with Crippen molar-refractivity contribution in [2.45, 2.75) is 6.61 Å². The second kappa shape index (κ2) is 5.75. The van der Waals surface area contributed by atoms with E-state index >= 15 is 0 Å². The maximum atomic E-state index is 5.64. The summed E-state index contributed by atoms with van der Waals surface area (Å²) in [7, 11) is 0. The number of ether oxygens (including phenoxy) is 2. The summed E-state index contributed by atoms with van der Waals surface area (Å²) in [5, 5.41) is 0. The van der Waals surface area contributed by atoms with Gasteiger partial charge in [0.05, 0.1) is 6.26 Å². The minimum atomic E-state index is 0.572. The first-order valence-corrected chi connectivity index (χ1v) is 5.43. The summed E-state index contributed by atoms with van der Waals surface area (Å²) in [6.45, 7) is 4.07. The monoisotopic (exact) mass is 226 g/mol. The third kappa shape index (κ3) is 3.38. The Balaban J connectivity index is 1.93. The zero-order chi connectivity index (χ0) is 11.9. The third-order valence-electron chi connectivity index (χ3n) is 2.29. The fraction of sp³-hybridized carbons (Fsp3) is 0.0667. The molecule has 2 aromatic rings. The van der Waals surface area contributed by atoms with E-state index in [9.17, 15) is 0 Å². The Morgan fingerprint density at radius 1 is 0.882 bits per heavy atom. The van der Waals surface area contributed by atoms with E-state index in [1.54, 1.807) is 0 Å². The highest BCUT2D eigenvalue weighted by Crippen LogP contribution is 2.18. The summed E-state index contributed by atoms with van der Waals surface area (Å²) < 4.78 is 10.8. The molecule has 2 aromatic carbocycles. The molecular formula is C15H14O2. The molecule has 0 aliphatic carbocycles. The quantitative estimate of drug-likeness (QED) is 0.722. The molecule has 0 heterocycles. The zero-order valence-electron chi connectivity index (χ0n) is 9.50. The lowest BCUT2D eigenvalue weighted by atomic mass is 10.2. The van der Waals surface area contributed by atoms with Gasteiger partial charge in [0, 0.05) is 0 Å². The van der Waals surface area contributed by atoms with Crippen LogP contribution < -0.4 is 9.47 Å². The molecule has 0 N–H and O–H groups in total. The summed E-state index contributed by atoms with van der Waals surface area (Å²) in [5.41, 5.74) is 1.15. The largest absolute Gasteiger partial charge is 0.489 e. The average Bonchev–Trinajstić information content (AvgIpc) is 2.40. The van der Waals surface area contributed by atoms with Crippen LogP contribution in [0.5, 0.6) is 11.5 Å². The first-order valence-electron chi connectivity index (χ1n) is 5.43. The fourth-order valence-corrected chi connectivity index (χ4v) is 1.45. The molecule has 0 amide bonds. The minimum absolute atomic E-state index is 0.572. The molecule has 0 bridgehead atoms. The van der Waals surface area contributed by atoms with Gasteiger partial charge in [0.1, 0.15) is 18.1 Å². The SMILES string of the molecule is C=COc1ccc(OCc2ccccc2)cc1. The average molecular weight is 226 g/mol. The van der Waals surface area contributed by atoms with Crippen LogP contribution in [0.4, 0.5) is 0 Å². The zero-order valence-corrected chi connectivity index (χ0v) is 9.50. The standard InChI is InChI=1S/C15H14O2/c1-2-16-14-8-10-15(11-9-14)17-12-13-6-4-3-5-7-13/h2-11H,1,12H2. The van der Waals surface area contributed by atoms with Crippen molar-refractivity contribution in [1.29, 1.82) is 0 Å². The van der Waals surface area contributed by atoms with Gasteiger partial charge < -0.3 is 9.47 Å². The Hall–Kier alpha value is -2.22. The molecule has 86 valence electrons. The fourth-order valence-electron chi connectivity index (χ4n) is 1.45. The minimum Gasteiger partial charge on any atom is -0.489 e. The number of benzene rings is 2. The first kappa shape index (κ1) is 11.3. The van der Waals surface area contributed by atoms with E-state index in [1.165, 1.54) is 6.26 Å². The van der Waals surface area contributed by atoms with Crippen molar-refractivity contribution in [3.05, 3.63) is 73.0 Å². The van der Waals surface area contributed by atoms with Gasteiger partial charge in [-0.2, -0.15) is 0 Å². The van der Waals surface area contributed by atoms with Gasteiger partial charge in [-0.15, -0.1) is 0 Å². The predicted molar refractivity (Wildman–Crippen MR) is 68.0 cm³/mol. The summed E-state index contributed by atoms with van der Waals surface area (Å²) in [5.74, 6) is 1.58. The highest BCUT2D eigenvalue weighted by molar-refractivity contribution is 5.31. The lowest BCUT2D eigenvalue weighted by Crippen LogP contribution is -1.94. The van der Waals surface area contributed by atoms with Gasteiger partial charge in [-0.05, 0) is 29.8 Å². The number of hydrogen-bond donors (Lipinski definition) is 0. The van der Waals surface area contributed by atoms with E-state index < -0.39 is 0 Å². The Morgan fingerprint density at radius 3 is 2.18 bits per heavy atom. The van der Waals surface area contributed by atoms with Gasteiger partial charge in [-0.25, -0.2) is 0 Å². The van der Waals surface area contributed by atoms with Crippen LogP contribution >= 0.6 is 0 Å². The molecule has 0 unspecified atom stereocenters. The summed E-state index contributed by atoms with van der Waals surface area (Å²) >= 11 is 0. The van der Waals surface area contributed by atoms with Gasteiger partial charge in [0.25, 0.3) is 0 Å². The summed E-state index contributed by atoms with van der Waals surface area (Å²) in [6.07, 6.45) is 1.40. The van der Waals surface area contributed by atoms with Crippen LogP contribution in [0, 0.1) is 0 Å². The molecule has 0 fully saturated rings. The first-order chi connectivity index (χ1) is 8.38. The molecule has 0 aromatic heterocycles. The molecule has 0 saturated carbocycles. The lowest BCUT2D eigenvalue weighted by Gasteiger charge is -2.06. The molecule has 0 saturated heterocycles. The van der Waals surface area contributed by atoms with Gasteiger partial charge in [-0.3, -0.25) is 0 Å². The molecule has 0 spiro atoms. The Morgan fingerprint density at radius 2 is 1.53 bits per heavy atom. The second-order valence-electron chi connectivity index (χ2n) is 3.53. The van der Waals surface area contributed by atoms with E-state index in [-0.39, 0.29) is 0 Å². The topological polar surface area (TPSA) is 18.5 Å². The third-order valence-corrected chi connectivity index (χ3v) is 2.29. The van der Waals surface area contributed by atoms with Gasteiger partial charge in [0.15, 0.2) is 0 Å². The van der Waals surface area contributed by atoms with Crippen molar-refractivity contribution in [2.24, 2.45) is 0 Å². The van der Waals surface area contributed by atoms with E-state index in [0.29, 0.717) is 6.61 Å². The smallest absolute Gasteiger partial charge is 0.126 e. The van der Waals surface area contributed by atoms with Crippen LogP contribution in [0.25, 0.3) is 0 Å². The van der Waals surface area contributed by atoms with Gasteiger partial charge in [0.2, 0.25) is 0 Å². The molecule has 0 aliphatic rings. The van der Waals surface area contributed by atoms with Crippen molar-refractivity contribution < 1.29 is 9.47 Å². The van der Waals surface area contributed by atoms with E-state index in [0.717, 1.165) is 17.1 Å². The van der Waals surface area contributed by atoms with Crippen LogP contribution in [0.2, 0.25) is 0 Å². The summed E-state index contributed by atoms with van der Waals surface area (Å²) in [4.78, 5) is 0.